The quantitative estimate of drug-likeness (QED) is 0.670. The average molecular weight is 205 g/mol. The Bertz CT molecular complexity index is 255. The normalized spacial score (nSPS) is 20.2. The first kappa shape index (κ1) is 11.0. The van der Waals surface area contributed by atoms with E-state index in [0.29, 0.717) is 0 Å². The second-order valence-electron chi connectivity index (χ2n) is 3.85. The lowest BCUT2D eigenvalue weighted by atomic mass is 10.1. The Morgan fingerprint density at radius 3 is 2.31 bits per heavy atom. The summed E-state index contributed by atoms with van der Waals surface area (Å²) >= 11 is 0. The first-order valence-electron chi connectivity index (χ1n) is 5.01. The second kappa shape index (κ2) is 3.96. The molecule has 13 heavy (non-hydrogen) atoms. The van der Waals surface area contributed by atoms with E-state index in [2.05, 4.69) is 11.6 Å². The molecule has 1 rings (SSSR count). The van der Waals surface area contributed by atoms with E-state index in [1.165, 1.54) is 7.05 Å². The highest BCUT2D eigenvalue weighted by Crippen LogP contribution is 2.46. The van der Waals surface area contributed by atoms with Gasteiger partial charge in [-0.3, -0.25) is 0 Å². The van der Waals surface area contributed by atoms with Crippen LogP contribution < -0.4 is 4.72 Å². The molecule has 3 nitrogen and oxygen atoms in total. The summed E-state index contributed by atoms with van der Waals surface area (Å²) < 4.78 is 25.2. The van der Waals surface area contributed by atoms with Crippen molar-refractivity contribution in [1.82, 2.24) is 4.72 Å². The minimum absolute atomic E-state index is 0.392. The van der Waals surface area contributed by atoms with E-state index >= 15 is 0 Å². The molecule has 0 bridgehead atoms. The lowest BCUT2D eigenvalue weighted by molar-refractivity contribution is 0.546. The molecule has 1 saturated carbocycles. The summed E-state index contributed by atoms with van der Waals surface area (Å²) in [4.78, 5) is 0. The second-order valence-corrected chi connectivity index (χ2v) is 6.13. The predicted octanol–water partition coefficient (Wildman–Crippen LogP) is 1.65. The standard InChI is InChI=1S/C9H19NO2S/c1-3-4-5-6-9(7-8-9)13(11,12)10-2/h10H,3-8H2,1-2H3. The van der Waals surface area contributed by atoms with Gasteiger partial charge in [-0.25, -0.2) is 13.1 Å². The summed E-state index contributed by atoms with van der Waals surface area (Å²) in [5.41, 5.74) is 0. The van der Waals surface area contributed by atoms with Crippen LogP contribution in [-0.2, 0) is 10.0 Å². The van der Waals surface area contributed by atoms with Crippen LogP contribution in [0.25, 0.3) is 0 Å². The summed E-state index contributed by atoms with van der Waals surface area (Å²) in [7, 11) is -1.51. The molecule has 0 aromatic heterocycles. The fourth-order valence-corrected chi connectivity index (χ4v) is 3.19. The fraction of sp³-hybridized carbons (Fsp3) is 1.00. The van der Waals surface area contributed by atoms with Crippen molar-refractivity contribution < 1.29 is 8.42 Å². The number of nitrogens with one attached hydrogen (secondary N) is 1. The van der Waals surface area contributed by atoms with Crippen molar-refractivity contribution in [3.63, 3.8) is 0 Å². The molecule has 78 valence electrons. The summed E-state index contributed by atoms with van der Waals surface area (Å²) in [6, 6.07) is 0. The van der Waals surface area contributed by atoms with Crippen LogP contribution in [0.4, 0.5) is 0 Å². The van der Waals surface area contributed by atoms with Gasteiger partial charge in [0.1, 0.15) is 0 Å². The predicted molar refractivity (Wildman–Crippen MR) is 54.1 cm³/mol. The average Bonchev–Trinajstić information content (AvgIpc) is 2.87. The summed E-state index contributed by atoms with van der Waals surface area (Å²) in [6.45, 7) is 2.13. The van der Waals surface area contributed by atoms with Crippen LogP contribution in [0.2, 0.25) is 0 Å². The van der Waals surface area contributed by atoms with Crippen LogP contribution >= 0.6 is 0 Å². The molecule has 0 aliphatic heterocycles. The van der Waals surface area contributed by atoms with E-state index in [-0.39, 0.29) is 0 Å². The highest BCUT2D eigenvalue weighted by Gasteiger charge is 2.52. The maximum Gasteiger partial charge on any atom is 0.217 e. The van der Waals surface area contributed by atoms with Gasteiger partial charge < -0.3 is 0 Å². The van der Waals surface area contributed by atoms with E-state index in [1.54, 1.807) is 0 Å². The van der Waals surface area contributed by atoms with Crippen LogP contribution in [0.5, 0.6) is 0 Å². The molecule has 0 heterocycles. The molecule has 0 radical (unpaired) electrons. The van der Waals surface area contributed by atoms with Crippen molar-refractivity contribution in [1.29, 1.82) is 0 Å². The van der Waals surface area contributed by atoms with Crippen molar-refractivity contribution in [3.8, 4) is 0 Å². The summed E-state index contributed by atoms with van der Waals surface area (Å²) in [5.74, 6) is 0. The molecule has 1 aliphatic carbocycles. The molecule has 0 atom stereocenters. The molecule has 0 aromatic carbocycles. The topological polar surface area (TPSA) is 46.2 Å². The van der Waals surface area contributed by atoms with Crippen molar-refractivity contribution in [2.24, 2.45) is 0 Å². The van der Waals surface area contributed by atoms with E-state index in [0.717, 1.165) is 38.5 Å². The molecule has 0 spiro atoms. The minimum atomic E-state index is -3.02. The molecule has 0 unspecified atom stereocenters. The lowest BCUT2D eigenvalue weighted by Crippen LogP contribution is -2.33. The van der Waals surface area contributed by atoms with Crippen LogP contribution in [0.3, 0.4) is 0 Å². The summed E-state index contributed by atoms with van der Waals surface area (Å²) in [6.07, 6.45) is 5.86. The van der Waals surface area contributed by atoms with Gasteiger partial charge in [0.15, 0.2) is 0 Å². The van der Waals surface area contributed by atoms with Gasteiger partial charge in [-0.05, 0) is 26.3 Å². The Hall–Kier alpha value is -0.0900. The molecule has 0 amide bonds. The van der Waals surface area contributed by atoms with Crippen LogP contribution in [0.1, 0.15) is 45.4 Å². The Morgan fingerprint density at radius 1 is 1.31 bits per heavy atom. The maximum absolute atomic E-state index is 11.6. The highest BCUT2D eigenvalue weighted by molar-refractivity contribution is 7.91. The molecule has 1 aliphatic rings. The van der Waals surface area contributed by atoms with Gasteiger partial charge in [0.2, 0.25) is 10.0 Å². The zero-order chi connectivity index (χ0) is 9.95. The van der Waals surface area contributed by atoms with Crippen LogP contribution in [0, 0.1) is 0 Å². The van der Waals surface area contributed by atoms with Gasteiger partial charge in [0.25, 0.3) is 0 Å². The van der Waals surface area contributed by atoms with Crippen molar-refractivity contribution in [3.05, 3.63) is 0 Å². The number of hydrogen-bond donors (Lipinski definition) is 1. The molecular formula is C9H19NO2S. The van der Waals surface area contributed by atoms with Crippen molar-refractivity contribution in [2.45, 2.75) is 50.2 Å². The van der Waals surface area contributed by atoms with E-state index in [1.807, 2.05) is 0 Å². The molecular weight excluding hydrogens is 186 g/mol. The summed E-state index contributed by atoms with van der Waals surface area (Å²) in [5, 5.41) is 0. The zero-order valence-electron chi connectivity index (χ0n) is 8.47. The van der Waals surface area contributed by atoms with Crippen molar-refractivity contribution >= 4 is 10.0 Å². The first-order valence-corrected chi connectivity index (χ1v) is 6.49. The smallest absolute Gasteiger partial charge is 0.217 e. The van der Waals surface area contributed by atoms with Gasteiger partial charge >= 0.3 is 0 Å². The lowest BCUT2D eigenvalue weighted by Gasteiger charge is -2.14. The van der Waals surface area contributed by atoms with Gasteiger partial charge in [-0.2, -0.15) is 0 Å². The molecule has 1 fully saturated rings. The SMILES string of the molecule is CCCCCC1(S(=O)(=O)NC)CC1. The Morgan fingerprint density at radius 2 is 1.92 bits per heavy atom. The Kier molecular flexibility index (Phi) is 3.35. The van der Waals surface area contributed by atoms with Crippen LogP contribution in [0.15, 0.2) is 0 Å². The van der Waals surface area contributed by atoms with Gasteiger partial charge in [0.05, 0.1) is 4.75 Å². The van der Waals surface area contributed by atoms with Gasteiger partial charge in [0, 0.05) is 0 Å². The monoisotopic (exact) mass is 205 g/mol. The van der Waals surface area contributed by atoms with Gasteiger partial charge in [-0.15, -0.1) is 0 Å². The minimum Gasteiger partial charge on any atom is -0.218 e. The molecule has 4 heteroatoms. The first-order chi connectivity index (χ1) is 6.08. The van der Waals surface area contributed by atoms with E-state index in [4.69, 9.17) is 0 Å². The van der Waals surface area contributed by atoms with E-state index in [9.17, 15) is 8.42 Å². The largest absolute Gasteiger partial charge is 0.218 e. The third kappa shape index (κ3) is 2.23. The van der Waals surface area contributed by atoms with Crippen molar-refractivity contribution in [2.75, 3.05) is 7.05 Å². The number of hydrogen-bond acceptors (Lipinski definition) is 2. The number of unbranched alkanes of at least 4 members (excludes halogenated alkanes) is 2. The third-order valence-corrected chi connectivity index (χ3v) is 5.17. The van der Waals surface area contributed by atoms with Gasteiger partial charge in [-0.1, -0.05) is 26.2 Å². The maximum atomic E-state index is 11.6. The Labute approximate surface area is 81.0 Å². The zero-order valence-corrected chi connectivity index (χ0v) is 9.28. The number of sulfonamides is 1. The third-order valence-electron chi connectivity index (χ3n) is 2.88. The number of rotatable bonds is 6. The Balaban J connectivity index is 2.48. The molecule has 0 aromatic rings. The molecule has 0 saturated heterocycles. The highest BCUT2D eigenvalue weighted by atomic mass is 32.2. The fourth-order valence-electron chi connectivity index (χ4n) is 1.71. The molecule has 1 N–H and O–H groups in total. The van der Waals surface area contributed by atoms with E-state index < -0.39 is 14.8 Å². The van der Waals surface area contributed by atoms with Crippen LogP contribution in [-0.4, -0.2) is 20.2 Å².